The predicted octanol–water partition coefficient (Wildman–Crippen LogP) is 0.191. The molecule has 0 fully saturated rings. The Balaban J connectivity index is 3.19. The van der Waals surface area contributed by atoms with E-state index in [1.807, 2.05) is 0 Å². The lowest BCUT2D eigenvalue weighted by atomic mass is 10.1. The normalized spacial score (nSPS) is 12.1. The first-order valence-corrected chi connectivity index (χ1v) is 4.05. The van der Waals surface area contributed by atoms with Gasteiger partial charge in [-0.2, -0.15) is 0 Å². The van der Waals surface area contributed by atoms with E-state index in [0.717, 1.165) is 12.1 Å². The lowest BCUT2D eigenvalue weighted by Crippen LogP contribution is -2.20. The van der Waals surface area contributed by atoms with Crippen molar-refractivity contribution in [2.75, 3.05) is 7.11 Å². The number of hydrogen-bond acceptors (Lipinski definition) is 5. The maximum atomic E-state index is 10.6. The fraction of sp³-hybridized carbons (Fsp3) is 0.222. The number of phenols is 2. The van der Waals surface area contributed by atoms with Gasteiger partial charge in [-0.25, -0.2) is 0 Å². The number of hydrogen-bond donors (Lipinski definition) is 4. The second kappa shape index (κ2) is 4.05. The molecule has 0 amide bonds. The van der Waals surface area contributed by atoms with Crippen molar-refractivity contribution >= 4 is 5.97 Å². The minimum Gasteiger partial charge on any atom is -0.504 e. The summed E-state index contributed by atoms with van der Waals surface area (Å²) in [6, 6.07) is 0.974. The van der Waals surface area contributed by atoms with Crippen LogP contribution in [0.15, 0.2) is 12.1 Å². The summed E-state index contributed by atoms with van der Waals surface area (Å²) < 4.78 is 4.68. The van der Waals surface area contributed by atoms with Crippen molar-refractivity contribution in [1.82, 2.24) is 0 Å². The van der Waals surface area contributed by atoms with Crippen LogP contribution in [0.1, 0.15) is 11.6 Å². The number of aliphatic carboxylic acids is 1. The number of carbonyl (C=O) groups is 1. The zero-order valence-electron chi connectivity index (χ0n) is 7.97. The highest BCUT2D eigenvalue weighted by Gasteiger charge is 2.18. The molecule has 82 valence electrons. The number of methoxy groups -OCH3 is 1. The zero-order chi connectivity index (χ0) is 11.6. The quantitative estimate of drug-likeness (QED) is 0.570. The van der Waals surface area contributed by atoms with Gasteiger partial charge in [0, 0.05) is 0 Å². The van der Waals surface area contributed by atoms with Gasteiger partial charge in [-0.1, -0.05) is 0 Å². The molecule has 1 aromatic rings. The number of ether oxygens (including phenoxy) is 1. The molecule has 0 aromatic heterocycles. The molecule has 1 aromatic carbocycles. The topological polar surface area (TPSA) is 113 Å². The van der Waals surface area contributed by atoms with Gasteiger partial charge in [0.25, 0.3) is 0 Å². The molecule has 0 aliphatic rings. The molecular formula is C9H11NO5. The van der Waals surface area contributed by atoms with Crippen LogP contribution in [0, 0.1) is 0 Å². The molecule has 0 unspecified atom stereocenters. The van der Waals surface area contributed by atoms with Crippen molar-refractivity contribution < 1.29 is 24.9 Å². The molecule has 6 nitrogen and oxygen atoms in total. The van der Waals surface area contributed by atoms with Crippen molar-refractivity contribution in [3.8, 4) is 17.2 Å². The molecule has 0 aliphatic carbocycles. The minimum atomic E-state index is -1.30. The number of benzene rings is 1. The number of nitrogens with two attached hydrogens (primary N) is 1. The van der Waals surface area contributed by atoms with Gasteiger partial charge in [0.2, 0.25) is 5.75 Å². The number of rotatable bonds is 3. The van der Waals surface area contributed by atoms with Crippen LogP contribution >= 0.6 is 0 Å². The molecule has 1 rings (SSSR count). The zero-order valence-corrected chi connectivity index (χ0v) is 7.97. The summed E-state index contributed by atoms with van der Waals surface area (Å²) in [5.74, 6) is -2.08. The summed E-state index contributed by atoms with van der Waals surface area (Å²) >= 11 is 0. The monoisotopic (exact) mass is 213 g/mol. The standard InChI is InChI=1S/C9H11NO5/c1-15-8-5(11)2-4(3-6(8)12)7(10)9(13)14/h2-3,7,11-12H,10H2,1H3,(H,13,14)/t7-/m0/s1. The second-order valence-corrected chi connectivity index (χ2v) is 2.91. The first-order chi connectivity index (χ1) is 6.97. The van der Waals surface area contributed by atoms with E-state index < -0.39 is 12.0 Å². The highest BCUT2D eigenvalue weighted by Crippen LogP contribution is 2.37. The highest BCUT2D eigenvalue weighted by atomic mass is 16.5. The largest absolute Gasteiger partial charge is 0.504 e. The molecule has 6 heteroatoms. The van der Waals surface area contributed by atoms with Crippen molar-refractivity contribution in [1.29, 1.82) is 0 Å². The summed E-state index contributed by atoms with van der Waals surface area (Å²) in [7, 11) is 1.27. The van der Waals surface area contributed by atoms with Gasteiger partial charge in [-0.15, -0.1) is 0 Å². The van der Waals surface area contributed by atoms with Gasteiger partial charge in [0.05, 0.1) is 7.11 Å². The molecule has 0 bridgehead atoms. The van der Waals surface area contributed by atoms with Crippen LogP contribution in [0.5, 0.6) is 17.2 Å². The van der Waals surface area contributed by atoms with Gasteiger partial charge < -0.3 is 25.8 Å². The van der Waals surface area contributed by atoms with Crippen molar-refractivity contribution in [3.05, 3.63) is 17.7 Å². The van der Waals surface area contributed by atoms with Gasteiger partial charge in [0.15, 0.2) is 11.5 Å². The van der Waals surface area contributed by atoms with Crippen LogP contribution in [-0.2, 0) is 4.79 Å². The van der Waals surface area contributed by atoms with Crippen molar-refractivity contribution in [3.63, 3.8) is 0 Å². The lowest BCUT2D eigenvalue weighted by molar-refractivity contribution is -0.138. The van der Waals surface area contributed by atoms with Crippen LogP contribution in [0.25, 0.3) is 0 Å². The van der Waals surface area contributed by atoms with Crippen LogP contribution < -0.4 is 10.5 Å². The third-order valence-corrected chi connectivity index (χ3v) is 1.90. The maximum Gasteiger partial charge on any atom is 0.325 e. The molecular weight excluding hydrogens is 202 g/mol. The average molecular weight is 213 g/mol. The van der Waals surface area contributed by atoms with E-state index >= 15 is 0 Å². The van der Waals surface area contributed by atoms with Gasteiger partial charge in [-0.3, -0.25) is 4.79 Å². The van der Waals surface area contributed by atoms with E-state index in [0.29, 0.717) is 0 Å². The third kappa shape index (κ3) is 2.10. The Bertz CT molecular complexity index is 367. The first kappa shape index (κ1) is 11.1. The second-order valence-electron chi connectivity index (χ2n) is 2.91. The van der Waals surface area contributed by atoms with E-state index in [2.05, 4.69) is 4.74 Å². The van der Waals surface area contributed by atoms with E-state index in [4.69, 9.17) is 10.8 Å². The van der Waals surface area contributed by atoms with E-state index in [9.17, 15) is 15.0 Å². The van der Waals surface area contributed by atoms with Gasteiger partial charge in [-0.05, 0) is 17.7 Å². The Kier molecular flexibility index (Phi) is 3.01. The molecule has 15 heavy (non-hydrogen) atoms. The SMILES string of the molecule is COc1c(O)cc([C@H](N)C(=O)O)cc1O. The Hall–Kier alpha value is -1.95. The molecule has 0 spiro atoms. The maximum absolute atomic E-state index is 10.6. The van der Waals surface area contributed by atoms with Crippen LogP contribution in [-0.4, -0.2) is 28.4 Å². The first-order valence-electron chi connectivity index (χ1n) is 4.05. The van der Waals surface area contributed by atoms with Crippen LogP contribution in [0.3, 0.4) is 0 Å². The number of phenolic OH excluding ortho intramolecular Hbond substituents is 2. The molecule has 1 atom stereocenters. The van der Waals surface area contributed by atoms with E-state index in [-0.39, 0.29) is 22.8 Å². The number of aromatic hydroxyl groups is 2. The Morgan fingerprint density at radius 2 is 1.87 bits per heavy atom. The third-order valence-electron chi connectivity index (χ3n) is 1.90. The molecule has 0 aliphatic heterocycles. The van der Waals surface area contributed by atoms with Crippen LogP contribution in [0.2, 0.25) is 0 Å². The lowest BCUT2D eigenvalue weighted by Gasteiger charge is -2.11. The Morgan fingerprint density at radius 1 is 1.40 bits per heavy atom. The highest BCUT2D eigenvalue weighted by molar-refractivity contribution is 5.76. The molecule has 0 saturated heterocycles. The molecule has 0 radical (unpaired) electrons. The Labute approximate surface area is 85.5 Å². The number of carboxylic acid groups (broad SMARTS) is 1. The van der Waals surface area contributed by atoms with Crippen molar-refractivity contribution in [2.24, 2.45) is 5.73 Å². The molecule has 5 N–H and O–H groups in total. The van der Waals surface area contributed by atoms with Gasteiger partial charge >= 0.3 is 5.97 Å². The van der Waals surface area contributed by atoms with Crippen molar-refractivity contribution in [2.45, 2.75) is 6.04 Å². The minimum absolute atomic E-state index is 0.0956. The number of carboxylic acids is 1. The fourth-order valence-corrected chi connectivity index (χ4v) is 1.15. The average Bonchev–Trinajstić information content (AvgIpc) is 2.15. The molecule has 0 saturated carbocycles. The van der Waals surface area contributed by atoms with Gasteiger partial charge in [0.1, 0.15) is 6.04 Å². The summed E-state index contributed by atoms with van der Waals surface area (Å²) in [5.41, 5.74) is 5.40. The predicted molar refractivity (Wildman–Crippen MR) is 50.9 cm³/mol. The smallest absolute Gasteiger partial charge is 0.325 e. The van der Waals surface area contributed by atoms with E-state index in [1.54, 1.807) is 0 Å². The molecule has 0 heterocycles. The van der Waals surface area contributed by atoms with E-state index in [1.165, 1.54) is 7.11 Å². The van der Waals surface area contributed by atoms with Crippen LogP contribution in [0.4, 0.5) is 0 Å². The summed E-state index contributed by atoms with van der Waals surface area (Å²) in [5, 5.41) is 27.4. The Morgan fingerprint density at radius 3 is 2.20 bits per heavy atom. The summed E-state index contributed by atoms with van der Waals surface area (Å²) in [6.45, 7) is 0. The summed E-state index contributed by atoms with van der Waals surface area (Å²) in [4.78, 5) is 10.6. The fourth-order valence-electron chi connectivity index (χ4n) is 1.15. The summed E-state index contributed by atoms with van der Waals surface area (Å²) in [6.07, 6.45) is 0.